The molecule has 16 heavy (non-hydrogen) atoms. The molecule has 4 heteroatoms. The number of ether oxygens (including phenoxy) is 1. The summed E-state index contributed by atoms with van der Waals surface area (Å²) in [7, 11) is 0. The third-order valence-electron chi connectivity index (χ3n) is 2.59. The number of hydrogen-bond acceptors (Lipinski definition) is 3. The van der Waals surface area contributed by atoms with Crippen LogP contribution in [0.25, 0.3) is 0 Å². The van der Waals surface area contributed by atoms with E-state index in [-0.39, 0.29) is 18.1 Å². The number of aliphatic hydroxyl groups is 1. The molecule has 1 aliphatic carbocycles. The van der Waals surface area contributed by atoms with Crippen molar-refractivity contribution in [1.29, 1.82) is 0 Å². The largest absolute Gasteiger partial charge is 0.488 e. The zero-order valence-corrected chi connectivity index (χ0v) is 9.00. The third kappa shape index (κ3) is 1.93. The highest BCUT2D eigenvalue weighted by Crippen LogP contribution is 2.30. The van der Waals surface area contributed by atoms with Crippen LogP contribution in [0.1, 0.15) is 29.3 Å². The number of halogens is 1. The van der Waals surface area contributed by atoms with Gasteiger partial charge < -0.3 is 9.84 Å². The van der Waals surface area contributed by atoms with Gasteiger partial charge in [0.15, 0.2) is 17.3 Å². The average Bonchev–Trinajstić information content (AvgIpc) is 2.60. The van der Waals surface area contributed by atoms with Crippen molar-refractivity contribution in [2.45, 2.75) is 25.9 Å². The van der Waals surface area contributed by atoms with E-state index in [9.17, 15) is 9.18 Å². The van der Waals surface area contributed by atoms with Crippen molar-refractivity contribution < 1.29 is 19.0 Å². The number of carbonyl (C=O) groups excluding carboxylic acids is 1. The topological polar surface area (TPSA) is 46.5 Å². The van der Waals surface area contributed by atoms with Crippen molar-refractivity contribution in [3.8, 4) is 5.75 Å². The van der Waals surface area contributed by atoms with Gasteiger partial charge in [-0.15, -0.1) is 0 Å². The van der Waals surface area contributed by atoms with E-state index in [1.165, 1.54) is 6.07 Å². The van der Waals surface area contributed by atoms with Gasteiger partial charge in [-0.1, -0.05) is 0 Å². The molecule has 3 nitrogen and oxygen atoms in total. The second-order valence-corrected chi connectivity index (χ2v) is 3.99. The Morgan fingerprint density at radius 3 is 2.94 bits per heavy atom. The Bertz CT molecular complexity index is 427. The van der Waals surface area contributed by atoms with Gasteiger partial charge in [0, 0.05) is 17.5 Å². The van der Waals surface area contributed by atoms with Gasteiger partial charge in [-0.25, -0.2) is 4.39 Å². The number of benzene rings is 1. The summed E-state index contributed by atoms with van der Waals surface area (Å²) < 4.78 is 19.0. The third-order valence-corrected chi connectivity index (χ3v) is 2.59. The van der Waals surface area contributed by atoms with Gasteiger partial charge in [0.1, 0.15) is 6.61 Å². The van der Waals surface area contributed by atoms with Crippen molar-refractivity contribution in [1.82, 2.24) is 0 Å². The second-order valence-electron chi connectivity index (χ2n) is 3.99. The fourth-order valence-electron chi connectivity index (χ4n) is 1.80. The lowest BCUT2D eigenvalue weighted by Crippen LogP contribution is -2.13. The smallest absolute Gasteiger partial charge is 0.168 e. The second kappa shape index (κ2) is 4.22. The minimum absolute atomic E-state index is 0.0176. The Labute approximate surface area is 92.9 Å². The summed E-state index contributed by atoms with van der Waals surface area (Å²) in [5, 5.41) is 9.04. The first-order valence-electron chi connectivity index (χ1n) is 5.25. The predicted molar refractivity (Wildman–Crippen MR) is 56.2 cm³/mol. The quantitative estimate of drug-likeness (QED) is 0.850. The van der Waals surface area contributed by atoms with Crippen LogP contribution < -0.4 is 4.74 Å². The Morgan fingerprint density at radius 2 is 2.25 bits per heavy atom. The number of fused-ring (bicyclic) bond motifs is 1. The van der Waals surface area contributed by atoms with Crippen LogP contribution in [0.5, 0.6) is 5.75 Å². The van der Waals surface area contributed by atoms with E-state index in [1.807, 2.05) is 0 Å². The minimum Gasteiger partial charge on any atom is -0.488 e. The first-order chi connectivity index (χ1) is 7.59. The van der Waals surface area contributed by atoms with Gasteiger partial charge in [-0.2, -0.15) is 0 Å². The molecule has 0 radical (unpaired) electrons. The standard InChI is InChI=1S/C12H13FO3/c1-7(14)6-16-11-5-3-8-9(12(11)13)2-4-10(8)15/h3,5,7,14H,2,4,6H2,1H3. The molecule has 1 atom stereocenters. The van der Waals surface area contributed by atoms with Crippen molar-refractivity contribution in [2.24, 2.45) is 0 Å². The van der Waals surface area contributed by atoms with E-state index in [4.69, 9.17) is 9.84 Å². The molecule has 1 N–H and O–H groups in total. The van der Waals surface area contributed by atoms with Crippen LogP contribution in [0.3, 0.4) is 0 Å². The van der Waals surface area contributed by atoms with E-state index in [2.05, 4.69) is 0 Å². The lowest BCUT2D eigenvalue weighted by Gasteiger charge is -2.10. The first kappa shape index (κ1) is 11.1. The molecule has 1 aliphatic rings. The van der Waals surface area contributed by atoms with Crippen LogP contribution in [0, 0.1) is 5.82 Å². The highest BCUT2D eigenvalue weighted by Gasteiger charge is 2.24. The van der Waals surface area contributed by atoms with Crippen LogP contribution >= 0.6 is 0 Å². The average molecular weight is 224 g/mol. The maximum atomic E-state index is 13.8. The lowest BCUT2D eigenvalue weighted by atomic mass is 10.1. The Hall–Kier alpha value is -1.42. The molecule has 0 aromatic heterocycles. The van der Waals surface area contributed by atoms with Crippen LogP contribution in [0.15, 0.2) is 12.1 Å². The molecule has 0 amide bonds. The van der Waals surface area contributed by atoms with Crippen LogP contribution in [-0.4, -0.2) is 23.6 Å². The van der Waals surface area contributed by atoms with E-state index in [1.54, 1.807) is 13.0 Å². The number of Topliss-reactive ketones (excluding diaryl/α,β-unsaturated/α-hetero) is 1. The lowest BCUT2D eigenvalue weighted by molar-refractivity contribution is 0.0994. The fraction of sp³-hybridized carbons (Fsp3) is 0.417. The molecular formula is C12H13FO3. The fourth-order valence-corrected chi connectivity index (χ4v) is 1.80. The number of rotatable bonds is 3. The molecule has 0 fully saturated rings. The van der Waals surface area contributed by atoms with Crippen molar-refractivity contribution in [3.63, 3.8) is 0 Å². The van der Waals surface area contributed by atoms with E-state index in [0.29, 0.717) is 24.0 Å². The van der Waals surface area contributed by atoms with Gasteiger partial charge in [0.25, 0.3) is 0 Å². The molecule has 1 unspecified atom stereocenters. The summed E-state index contributed by atoms with van der Waals surface area (Å²) in [4.78, 5) is 11.3. The maximum Gasteiger partial charge on any atom is 0.168 e. The maximum absolute atomic E-state index is 13.8. The molecule has 0 aliphatic heterocycles. The van der Waals surface area contributed by atoms with Crippen molar-refractivity contribution in [3.05, 3.63) is 29.1 Å². The summed E-state index contributed by atoms with van der Waals surface area (Å²) in [6, 6.07) is 3.03. The summed E-state index contributed by atoms with van der Waals surface area (Å²) in [6.45, 7) is 1.61. The zero-order chi connectivity index (χ0) is 11.7. The van der Waals surface area contributed by atoms with Crippen LogP contribution in [-0.2, 0) is 6.42 Å². The number of aliphatic hydroxyl groups excluding tert-OH is 1. The molecule has 0 spiro atoms. The van der Waals surface area contributed by atoms with Crippen molar-refractivity contribution in [2.75, 3.05) is 6.61 Å². The monoisotopic (exact) mass is 224 g/mol. The van der Waals surface area contributed by atoms with Gasteiger partial charge >= 0.3 is 0 Å². The van der Waals surface area contributed by atoms with E-state index < -0.39 is 11.9 Å². The molecule has 1 aromatic rings. The molecule has 0 saturated carbocycles. The first-order valence-corrected chi connectivity index (χ1v) is 5.25. The predicted octanol–water partition coefficient (Wildman–Crippen LogP) is 1.71. The van der Waals surface area contributed by atoms with Gasteiger partial charge in [0.05, 0.1) is 6.10 Å². The Kier molecular flexibility index (Phi) is 2.92. The molecular weight excluding hydrogens is 211 g/mol. The molecule has 1 aromatic carbocycles. The molecule has 2 rings (SSSR count). The van der Waals surface area contributed by atoms with E-state index >= 15 is 0 Å². The zero-order valence-electron chi connectivity index (χ0n) is 9.00. The highest BCUT2D eigenvalue weighted by molar-refractivity contribution is 6.00. The normalized spacial score (nSPS) is 16.1. The molecule has 0 saturated heterocycles. The molecule has 0 bridgehead atoms. The highest BCUT2D eigenvalue weighted by atomic mass is 19.1. The minimum atomic E-state index is -0.644. The summed E-state index contributed by atoms with van der Waals surface area (Å²) in [5.41, 5.74) is 0.898. The Balaban J connectivity index is 2.26. The summed E-state index contributed by atoms with van der Waals surface area (Å²) in [5.74, 6) is -0.380. The van der Waals surface area contributed by atoms with Gasteiger partial charge in [-0.05, 0) is 25.5 Å². The number of hydrogen-bond donors (Lipinski definition) is 1. The van der Waals surface area contributed by atoms with Crippen LogP contribution in [0.2, 0.25) is 0 Å². The van der Waals surface area contributed by atoms with Gasteiger partial charge in [-0.3, -0.25) is 4.79 Å². The van der Waals surface area contributed by atoms with Crippen molar-refractivity contribution >= 4 is 5.78 Å². The summed E-state index contributed by atoms with van der Waals surface area (Å²) in [6.07, 6.45) is 0.159. The summed E-state index contributed by atoms with van der Waals surface area (Å²) >= 11 is 0. The SMILES string of the molecule is CC(O)COc1ccc2c(c1F)CCC2=O. The van der Waals surface area contributed by atoms with Gasteiger partial charge in [0.2, 0.25) is 0 Å². The van der Waals surface area contributed by atoms with E-state index in [0.717, 1.165) is 0 Å². The molecule has 0 heterocycles. The number of ketones is 1. The molecule has 86 valence electrons. The number of carbonyl (C=O) groups is 1. The van der Waals surface area contributed by atoms with Crippen LogP contribution in [0.4, 0.5) is 4.39 Å². The Morgan fingerprint density at radius 1 is 1.50 bits per heavy atom.